The van der Waals surface area contributed by atoms with Crippen molar-refractivity contribution in [1.29, 1.82) is 0 Å². The molecule has 0 aromatic carbocycles. The van der Waals surface area contributed by atoms with E-state index in [9.17, 15) is 0 Å². The van der Waals surface area contributed by atoms with Gasteiger partial charge in [0, 0.05) is 45.0 Å². The fourth-order valence-electron chi connectivity index (χ4n) is 3.02. The van der Waals surface area contributed by atoms with Crippen LogP contribution in [0, 0.1) is 0 Å². The van der Waals surface area contributed by atoms with Crippen molar-refractivity contribution in [3.05, 3.63) is 23.4 Å². The lowest BCUT2D eigenvalue weighted by Gasteiger charge is -2.21. The largest absolute Gasteiger partial charge is 0.356 e. The number of aliphatic imine (C=N–C) groups is 1. The van der Waals surface area contributed by atoms with Crippen LogP contribution >= 0.6 is 35.6 Å². The third-order valence-electron chi connectivity index (χ3n) is 4.90. The van der Waals surface area contributed by atoms with Crippen LogP contribution in [0.5, 0.6) is 0 Å². The highest BCUT2D eigenvalue weighted by atomic mass is 127. The Kier molecular flexibility index (Phi) is 11.3. The Balaban J connectivity index is 0.00000364. The summed E-state index contributed by atoms with van der Waals surface area (Å²) in [4.78, 5) is 13.4. The summed E-state index contributed by atoms with van der Waals surface area (Å²) in [7, 11) is 4.00. The highest BCUT2D eigenvalue weighted by Gasteiger charge is 2.25. The minimum atomic E-state index is 0. The summed E-state index contributed by atoms with van der Waals surface area (Å²) in [6, 6.07) is 4.71. The average Bonchev–Trinajstić information content (AvgIpc) is 3.08. The minimum Gasteiger partial charge on any atom is -0.356 e. The molecular formula is C19H34ClIN6. The van der Waals surface area contributed by atoms with Crippen LogP contribution in [0.25, 0.3) is 0 Å². The maximum absolute atomic E-state index is 6.26. The van der Waals surface area contributed by atoms with Crippen molar-refractivity contribution in [3.8, 4) is 0 Å². The maximum atomic E-state index is 6.26. The number of nitrogens with zero attached hydrogens (tertiary/aromatic N) is 4. The van der Waals surface area contributed by atoms with E-state index in [1.165, 1.54) is 6.42 Å². The van der Waals surface area contributed by atoms with E-state index < -0.39 is 0 Å². The van der Waals surface area contributed by atoms with Gasteiger partial charge in [0.2, 0.25) is 0 Å². The van der Waals surface area contributed by atoms with Crippen LogP contribution in [0.2, 0.25) is 5.02 Å². The predicted molar refractivity (Wildman–Crippen MR) is 127 cm³/mol. The number of rotatable bonds is 8. The molecule has 0 saturated carbocycles. The average molecular weight is 509 g/mol. The van der Waals surface area contributed by atoms with Crippen LogP contribution in [-0.4, -0.2) is 68.2 Å². The number of anilines is 1. The lowest BCUT2D eigenvalue weighted by atomic mass is 10.2. The van der Waals surface area contributed by atoms with Gasteiger partial charge in [0.25, 0.3) is 0 Å². The Morgan fingerprint density at radius 3 is 2.89 bits per heavy atom. The van der Waals surface area contributed by atoms with Gasteiger partial charge in [-0.1, -0.05) is 11.6 Å². The Morgan fingerprint density at radius 2 is 2.22 bits per heavy atom. The first-order valence-corrected chi connectivity index (χ1v) is 9.92. The number of aromatic nitrogens is 1. The van der Waals surface area contributed by atoms with Gasteiger partial charge in [0.05, 0.1) is 5.02 Å². The van der Waals surface area contributed by atoms with E-state index in [2.05, 4.69) is 51.3 Å². The maximum Gasteiger partial charge on any atom is 0.191 e. The zero-order valence-electron chi connectivity index (χ0n) is 16.9. The third kappa shape index (κ3) is 7.99. The zero-order valence-corrected chi connectivity index (χ0v) is 20.0. The molecule has 0 amide bonds. The topological polar surface area (TPSA) is 55.8 Å². The molecule has 1 unspecified atom stereocenters. The number of hydrogen-bond donors (Lipinski definition) is 2. The van der Waals surface area contributed by atoms with E-state index in [0.717, 1.165) is 50.8 Å². The molecule has 1 aromatic rings. The smallest absolute Gasteiger partial charge is 0.191 e. The van der Waals surface area contributed by atoms with Crippen molar-refractivity contribution in [3.63, 3.8) is 0 Å². The quantitative estimate of drug-likeness (QED) is 0.244. The number of pyridine rings is 1. The van der Waals surface area contributed by atoms with Crippen LogP contribution in [0.15, 0.2) is 23.3 Å². The van der Waals surface area contributed by atoms with Gasteiger partial charge >= 0.3 is 0 Å². The number of nitrogens with one attached hydrogen (secondary N) is 2. The lowest BCUT2D eigenvalue weighted by Crippen LogP contribution is -2.45. The van der Waals surface area contributed by atoms with Gasteiger partial charge in [0.15, 0.2) is 5.96 Å². The second-order valence-electron chi connectivity index (χ2n) is 7.17. The lowest BCUT2D eigenvalue weighted by molar-refractivity contribution is 0.268. The van der Waals surface area contributed by atoms with Gasteiger partial charge in [-0.2, -0.15) is 0 Å². The van der Waals surface area contributed by atoms with Crippen molar-refractivity contribution in [2.24, 2.45) is 4.99 Å². The summed E-state index contributed by atoms with van der Waals surface area (Å²) in [5, 5.41) is 7.65. The molecule has 154 valence electrons. The molecule has 0 radical (unpaired) electrons. The normalized spacial score (nSPS) is 17.4. The summed E-state index contributed by atoms with van der Waals surface area (Å²) in [6.45, 7) is 8.37. The van der Waals surface area contributed by atoms with Crippen molar-refractivity contribution >= 4 is 47.4 Å². The summed E-state index contributed by atoms with van der Waals surface area (Å²) in [5.74, 6) is 1.75. The molecule has 2 rings (SSSR count). The highest BCUT2D eigenvalue weighted by molar-refractivity contribution is 14.0. The Hall–Kier alpha value is -0.800. The molecule has 8 heteroatoms. The van der Waals surface area contributed by atoms with Crippen LogP contribution in [-0.2, 0) is 0 Å². The van der Waals surface area contributed by atoms with Gasteiger partial charge in [-0.05, 0) is 58.8 Å². The minimum absolute atomic E-state index is 0. The summed E-state index contributed by atoms with van der Waals surface area (Å²) < 4.78 is 0. The van der Waals surface area contributed by atoms with Crippen molar-refractivity contribution in [1.82, 2.24) is 20.5 Å². The third-order valence-corrected chi connectivity index (χ3v) is 5.20. The van der Waals surface area contributed by atoms with E-state index in [1.54, 1.807) is 6.20 Å². The van der Waals surface area contributed by atoms with Gasteiger partial charge in [-0.25, -0.2) is 4.98 Å². The second kappa shape index (κ2) is 12.6. The first-order chi connectivity index (χ1) is 12.5. The fraction of sp³-hybridized carbons (Fsp3) is 0.684. The van der Waals surface area contributed by atoms with E-state index >= 15 is 0 Å². The molecule has 6 nitrogen and oxygen atoms in total. The van der Waals surface area contributed by atoms with Crippen molar-refractivity contribution < 1.29 is 0 Å². The summed E-state index contributed by atoms with van der Waals surface area (Å²) in [6.07, 6.45) is 5.16. The summed E-state index contributed by atoms with van der Waals surface area (Å²) >= 11 is 6.26. The zero-order chi connectivity index (χ0) is 18.9. The molecule has 0 bridgehead atoms. The molecule has 27 heavy (non-hydrogen) atoms. The van der Waals surface area contributed by atoms with Crippen molar-refractivity contribution in [2.45, 2.75) is 45.2 Å². The molecular weight excluding hydrogens is 475 g/mol. The van der Waals surface area contributed by atoms with Crippen LogP contribution < -0.4 is 15.5 Å². The number of hydrogen-bond acceptors (Lipinski definition) is 4. The standard InChI is InChI=1S/C19H33ClN6.HI/c1-15(2)25(4)12-6-5-10-23-19(21-3)24-16-9-13-26(14-16)18-17(20)8-7-11-22-18;/h7-8,11,15-16H,5-6,9-10,12-14H2,1-4H3,(H2,21,23,24);1H. The molecule has 1 saturated heterocycles. The van der Waals surface area contributed by atoms with E-state index in [4.69, 9.17) is 11.6 Å². The van der Waals surface area contributed by atoms with E-state index in [-0.39, 0.29) is 24.0 Å². The van der Waals surface area contributed by atoms with Crippen LogP contribution in [0.4, 0.5) is 5.82 Å². The Labute approximate surface area is 186 Å². The SMILES string of the molecule is CN=C(NCCCCN(C)C(C)C)NC1CCN(c2ncccc2Cl)C1.I. The molecule has 0 aliphatic carbocycles. The predicted octanol–water partition coefficient (Wildman–Crippen LogP) is 3.22. The monoisotopic (exact) mass is 508 g/mol. The Morgan fingerprint density at radius 1 is 1.44 bits per heavy atom. The number of unbranched alkanes of at least 4 members (excludes halogenated alkanes) is 1. The van der Waals surface area contributed by atoms with Crippen LogP contribution in [0.3, 0.4) is 0 Å². The molecule has 1 aliphatic rings. The van der Waals surface area contributed by atoms with E-state index in [1.807, 2.05) is 19.2 Å². The van der Waals surface area contributed by atoms with Gasteiger partial charge in [0.1, 0.15) is 5.82 Å². The number of halogens is 2. The fourth-order valence-corrected chi connectivity index (χ4v) is 3.26. The van der Waals surface area contributed by atoms with E-state index in [0.29, 0.717) is 17.1 Å². The molecule has 1 aromatic heterocycles. The van der Waals surface area contributed by atoms with Crippen LogP contribution in [0.1, 0.15) is 33.1 Å². The second-order valence-corrected chi connectivity index (χ2v) is 7.57. The molecule has 1 aliphatic heterocycles. The Bertz CT molecular complexity index is 583. The van der Waals surface area contributed by atoms with Crippen molar-refractivity contribution in [2.75, 3.05) is 45.2 Å². The van der Waals surface area contributed by atoms with Gasteiger partial charge < -0.3 is 20.4 Å². The number of guanidine groups is 1. The first kappa shape index (κ1) is 24.2. The molecule has 1 atom stereocenters. The van der Waals surface area contributed by atoms with Gasteiger partial charge in [-0.3, -0.25) is 4.99 Å². The highest BCUT2D eigenvalue weighted by Crippen LogP contribution is 2.25. The molecule has 2 N–H and O–H groups in total. The van der Waals surface area contributed by atoms with Gasteiger partial charge in [-0.15, -0.1) is 24.0 Å². The molecule has 0 spiro atoms. The molecule has 1 fully saturated rings. The first-order valence-electron chi connectivity index (χ1n) is 9.54. The summed E-state index contributed by atoms with van der Waals surface area (Å²) in [5.41, 5.74) is 0. The molecule has 2 heterocycles.